The van der Waals surface area contributed by atoms with Gasteiger partial charge >= 0.3 is 0 Å². The number of rotatable bonds is 8. The first kappa shape index (κ1) is 23.3. The standard InChI is InChI=1S/C27H19ClN4O3S/c28-20-13-11-19(12-14-20)24-26(31-25(33)23-10-5-15-34-23)36-27(30-24)32-29-17-18-6-4-9-22(16-18)35-21-7-2-1-3-8-21/h1-17H,(H,30,32)(H,31,33). The summed E-state index contributed by atoms with van der Waals surface area (Å²) in [6.45, 7) is 0. The maximum Gasteiger partial charge on any atom is 0.292 e. The zero-order valence-electron chi connectivity index (χ0n) is 18.7. The van der Waals surface area contributed by atoms with E-state index in [4.69, 9.17) is 20.8 Å². The number of halogens is 1. The minimum atomic E-state index is -0.371. The first-order chi connectivity index (χ1) is 17.6. The van der Waals surface area contributed by atoms with Crippen molar-refractivity contribution < 1.29 is 13.9 Å². The van der Waals surface area contributed by atoms with E-state index in [1.54, 1.807) is 30.5 Å². The van der Waals surface area contributed by atoms with Crippen molar-refractivity contribution in [3.8, 4) is 22.8 Å². The average Bonchev–Trinajstić information content (AvgIpc) is 3.56. The molecular formula is C27H19ClN4O3S. The Morgan fingerprint density at radius 1 is 0.972 bits per heavy atom. The molecule has 0 bridgehead atoms. The van der Waals surface area contributed by atoms with Crippen molar-refractivity contribution in [2.24, 2.45) is 5.10 Å². The molecule has 178 valence electrons. The number of thiazole rings is 1. The van der Waals surface area contributed by atoms with Gasteiger partial charge in [-0.05, 0) is 54.1 Å². The predicted molar refractivity (Wildman–Crippen MR) is 143 cm³/mol. The fourth-order valence-electron chi connectivity index (χ4n) is 3.27. The number of ether oxygens (including phenoxy) is 1. The zero-order chi connectivity index (χ0) is 24.7. The van der Waals surface area contributed by atoms with Crippen molar-refractivity contribution in [1.82, 2.24) is 4.98 Å². The number of nitrogens with zero attached hydrogens (tertiary/aromatic N) is 2. The summed E-state index contributed by atoms with van der Waals surface area (Å²) in [7, 11) is 0. The van der Waals surface area contributed by atoms with E-state index in [1.807, 2.05) is 66.7 Å². The number of hydrazone groups is 1. The fraction of sp³-hybridized carbons (Fsp3) is 0. The Balaban J connectivity index is 1.33. The van der Waals surface area contributed by atoms with Gasteiger partial charge < -0.3 is 14.5 Å². The van der Waals surface area contributed by atoms with Gasteiger partial charge in [-0.25, -0.2) is 4.98 Å². The van der Waals surface area contributed by atoms with Crippen LogP contribution in [0.4, 0.5) is 10.1 Å². The summed E-state index contributed by atoms with van der Waals surface area (Å²) in [6.07, 6.45) is 3.12. The molecule has 2 N–H and O–H groups in total. The Labute approximate surface area is 216 Å². The minimum Gasteiger partial charge on any atom is -0.459 e. The van der Waals surface area contributed by atoms with Crippen LogP contribution in [-0.2, 0) is 0 Å². The third kappa shape index (κ3) is 5.80. The highest BCUT2D eigenvalue weighted by Crippen LogP contribution is 2.36. The van der Waals surface area contributed by atoms with Gasteiger partial charge in [-0.1, -0.05) is 65.4 Å². The molecule has 0 aliphatic rings. The summed E-state index contributed by atoms with van der Waals surface area (Å²) in [6, 6.07) is 27.6. The Morgan fingerprint density at radius 3 is 2.56 bits per heavy atom. The molecule has 1 amide bonds. The molecule has 7 nitrogen and oxygen atoms in total. The molecule has 0 aliphatic heterocycles. The Hall–Kier alpha value is -4.40. The van der Waals surface area contributed by atoms with Gasteiger partial charge in [-0.15, -0.1) is 0 Å². The number of benzene rings is 3. The summed E-state index contributed by atoms with van der Waals surface area (Å²) in [5, 5.41) is 8.84. The second-order valence-corrected chi connectivity index (χ2v) is 8.93. The summed E-state index contributed by atoms with van der Waals surface area (Å²) in [5.74, 6) is 1.29. The number of hydrogen-bond donors (Lipinski definition) is 2. The van der Waals surface area contributed by atoms with Crippen LogP contribution in [0.3, 0.4) is 0 Å². The topological polar surface area (TPSA) is 88.8 Å². The van der Waals surface area contributed by atoms with Crippen LogP contribution in [0, 0.1) is 0 Å². The van der Waals surface area contributed by atoms with Crippen LogP contribution in [0.25, 0.3) is 11.3 Å². The monoisotopic (exact) mass is 514 g/mol. The van der Waals surface area contributed by atoms with Crippen LogP contribution in [-0.4, -0.2) is 17.1 Å². The normalized spacial score (nSPS) is 10.9. The van der Waals surface area contributed by atoms with Crippen molar-refractivity contribution in [1.29, 1.82) is 0 Å². The maximum atomic E-state index is 12.6. The van der Waals surface area contributed by atoms with Gasteiger partial charge in [0.15, 0.2) is 5.76 Å². The first-order valence-corrected chi connectivity index (χ1v) is 12.1. The highest BCUT2D eigenvalue weighted by molar-refractivity contribution is 7.20. The summed E-state index contributed by atoms with van der Waals surface area (Å²) in [5.41, 5.74) is 5.18. The van der Waals surface area contributed by atoms with E-state index >= 15 is 0 Å². The number of carbonyl (C=O) groups excluding carboxylic acids is 1. The van der Waals surface area contributed by atoms with Crippen molar-refractivity contribution in [2.45, 2.75) is 0 Å². The van der Waals surface area contributed by atoms with Crippen molar-refractivity contribution in [3.05, 3.63) is 114 Å². The molecule has 5 rings (SSSR count). The van der Waals surface area contributed by atoms with E-state index in [0.717, 1.165) is 16.9 Å². The molecule has 0 fully saturated rings. The van der Waals surface area contributed by atoms with E-state index in [0.29, 0.717) is 26.6 Å². The quantitative estimate of drug-likeness (QED) is 0.165. The molecule has 0 saturated heterocycles. The van der Waals surface area contributed by atoms with Crippen LogP contribution in [0.5, 0.6) is 11.5 Å². The van der Waals surface area contributed by atoms with E-state index in [-0.39, 0.29) is 11.7 Å². The van der Waals surface area contributed by atoms with E-state index < -0.39 is 0 Å². The second kappa shape index (κ2) is 10.9. The molecule has 0 aliphatic carbocycles. The number of amides is 1. The third-order valence-electron chi connectivity index (χ3n) is 4.93. The van der Waals surface area contributed by atoms with Crippen LogP contribution < -0.4 is 15.5 Å². The molecule has 0 spiro atoms. The van der Waals surface area contributed by atoms with Crippen LogP contribution in [0.2, 0.25) is 5.02 Å². The summed E-state index contributed by atoms with van der Waals surface area (Å²) < 4.78 is 11.1. The molecule has 3 aromatic carbocycles. The minimum absolute atomic E-state index is 0.204. The smallest absolute Gasteiger partial charge is 0.292 e. The lowest BCUT2D eigenvalue weighted by Gasteiger charge is -2.05. The maximum absolute atomic E-state index is 12.6. The van der Waals surface area contributed by atoms with Crippen LogP contribution >= 0.6 is 22.9 Å². The van der Waals surface area contributed by atoms with Gasteiger partial charge in [0.1, 0.15) is 22.2 Å². The predicted octanol–water partition coefficient (Wildman–Crippen LogP) is 7.55. The van der Waals surface area contributed by atoms with E-state index in [2.05, 4.69) is 20.8 Å². The SMILES string of the molecule is O=C(Nc1sc(NN=Cc2cccc(Oc3ccccc3)c2)nc1-c1ccc(Cl)cc1)c1ccco1. The van der Waals surface area contributed by atoms with Gasteiger partial charge in [0.05, 0.1) is 12.5 Å². The van der Waals surface area contributed by atoms with E-state index in [9.17, 15) is 4.79 Å². The third-order valence-corrected chi connectivity index (χ3v) is 6.06. The Morgan fingerprint density at radius 2 is 1.78 bits per heavy atom. The number of aromatic nitrogens is 1. The molecule has 0 radical (unpaired) electrons. The second-order valence-electron chi connectivity index (χ2n) is 7.49. The summed E-state index contributed by atoms with van der Waals surface area (Å²) >= 11 is 7.30. The number of para-hydroxylation sites is 1. The number of furan rings is 1. The van der Waals surface area contributed by atoms with Crippen LogP contribution in [0.15, 0.2) is 107 Å². The number of hydrogen-bond acceptors (Lipinski definition) is 7. The van der Waals surface area contributed by atoms with Gasteiger partial charge in [-0.2, -0.15) is 5.10 Å². The molecule has 2 aromatic heterocycles. The largest absolute Gasteiger partial charge is 0.459 e. The van der Waals surface area contributed by atoms with Crippen molar-refractivity contribution in [3.63, 3.8) is 0 Å². The molecule has 9 heteroatoms. The molecule has 5 aromatic rings. The highest BCUT2D eigenvalue weighted by Gasteiger charge is 2.17. The lowest BCUT2D eigenvalue weighted by molar-refractivity contribution is 0.0997. The average molecular weight is 515 g/mol. The highest BCUT2D eigenvalue weighted by atomic mass is 35.5. The number of carbonyl (C=O) groups is 1. The molecule has 0 unspecified atom stereocenters. The molecule has 0 atom stereocenters. The number of anilines is 2. The first-order valence-electron chi connectivity index (χ1n) is 10.9. The van der Waals surface area contributed by atoms with Gasteiger partial charge in [-0.3, -0.25) is 10.2 Å². The molecule has 36 heavy (non-hydrogen) atoms. The van der Waals surface area contributed by atoms with Crippen molar-refractivity contribution in [2.75, 3.05) is 10.7 Å². The lowest BCUT2D eigenvalue weighted by Crippen LogP contribution is -2.10. The fourth-order valence-corrected chi connectivity index (χ4v) is 4.23. The zero-order valence-corrected chi connectivity index (χ0v) is 20.3. The van der Waals surface area contributed by atoms with Crippen LogP contribution in [0.1, 0.15) is 16.1 Å². The molecular weight excluding hydrogens is 496 g/mol. The molecule has 2 heterocycles. The Kier molecular flexibility index (Phi) is 7.07. The summed E-state index contributed by atoms with van der Waals surface area (Å²) in [4.78, 5) is 17.2. The van der Waals surface area contributed by atoms with Gasteiger partial charge in [0.2, 0.25) is 5.13 Å². The molecule has 0 saturated carbocycles. The van der Waals surface area contributed by atoms with E-state index in [1.165, 1.54) is 17.6 Å². The Bertz CT molecular complexity index is 1480. The van der Waals surface area contributed by atoms with Gasteiger partial charge in [0.25, 0.3) is 5.91 Å². The van der Waals surface area contributed by atoms with Gasteiger partial charge in [0, 0.05) is 10.6 Å². The lowest BCUT2D eigenvalue weighted by atomic mass is 10.1. The number of nitrogens with one attached hydrogen (secondary N) is 2. The van der Waals surface area contributed by atoms with Crippen molar-refractivity contribution >= 4 is 45.2 Å².